The molecule has 0 aromatic carbocycles. The van der Waals surface area contributed by atoms with Crippen LogP contribution in [0.5, 0.6) is 0 Å². The van der Waals surface area contributed by atoms with E-state index in [9.17, 15) is 4.79 Å². The van der Waals surface area contributed by atoms with E-state index in [1.807, 2.05) is 0 Å². The predicted octanol–water partition coefficient (Wildman–Crippen LogP) is 2.27. The van der Waals surface area contributed by atoms with Crippen molar-refractivity contribution in [2.75, 3.05) is 13.6 Å². The highest BCUT2D eigenvalue weighted by Gasteiger charge is 2.49. The van der Waals surface area contributed by atoms with E-state index in [0.717, 1.165) is 32.2 Å². The van der Waals surface area contributed by atoms with E-state index >= 15 is 0 Å². The molecule has 0 heterocycles. The number of hydrogen-bond donors (Lipinski definition) is 2. The summed E-state index contributed by atoms with van der Waals surface area (Å²) in [5, 5.41) is 3.60. The van der Waals surface area contributed by atoms with E-state index in [1.54, 1.807) is 0 Å². The summed E-state index contributed by atoms with van der Waals surface area (Å²) in [6.45, 7) is 5.59. The lowest BCUT2D eigenvalue weighted by Gasteiger charge is -2.35. The van der Waals surface area contributed by atoms with E-state index < -0.39 is 5.54 Å². The van der Waals surface area contributed by atoms with Gasteiger partial charge in [0.2, 0.25) is 5.91 Å². The van der Waals surface area contributed by atoms with Crippen molar-refractivity contribution >= 4 is 5.91 Å². The Bertz CT molecular complexity index is 356. The third kappa shape index (κ3) is 3.98. The number of nitrogens with two attached hydrogens (primary N) is 1. The normalized spacial score (nSPS) is 30.8. The van der Waals surface area contributed by atoms with E-state index in [4.69, 9.17) is 5.73 Å². The topological polar surface area (TPSA) is 58.4 Å². The number of amides is 1. The van der Waals surface area contributed by atoms with Crippen LogP contribution >= 0.6 is 0 Å². The maximum Gasteiger partial charge on any atom is 0.238 e. The minimum absolute atomic E-state index is 0.124. The molecular formula is C17H33N3O. The van der Waals surface area contributed by atoms with Crippen molar-refractivity contribution in [3.8, 4) is 0 Å². The number of carbonyl (C=O) groups is 1. The molecular weight excluding hydrogens is 262 g/mol. The van der Waals surface area contributed by atoms with Gasteiger partial charge in [0.25, 0.3) is 0 Å². The third-order valence-electron chi connectivity index (χ3n) is 5.59. The Hall–Kier alpha value is -0.610. The predicted molar refractivity (Wildman–Crippen MR) is 87.0 cm³/mol. The van der Waals surface area contributed by atoms with Gasteiger partial charge in [0.05, 0.1) is 0 Å². The molecule has 2 aliphatic rings. The van der Waals surface area contributed by atoms with Crippen molar-refractivity contribution < 1.29 is 4.79 Å². The minimum Gasteiger partial charge on any atom is -0.368 e. The van der Waals surface area contributed by atoms with Gasteiger partial charge in [-0.05, 0) is 65.0 Å². The second-order valence-corrected chi connectivity index (χ2v) is 7.25. The fraction of sp³-hybridized carbons (Fsp3) is 0.941. The summed E-state index contributed by atoms with van der Waals surface area (Å²) in [7, 11) is 2.20. The van der Waals surface area contributed by atoms with Crippen LogP contribution in [-0.4, -0.2) is 42.0 Å². The van der Waals surface area contributed by atoms with Crippen LogP contribution in [0, 0.1) is 5.92 Å². The van der Waals surface area contributed by atoms with Crippen LogP contribution in [0.25, 0.3) is 0 Å². The molecule has 0 aromatic heterocycles. The highest BCUT2D eigenvalue weighted by molar-refractivity contribution is 5.85. The second kappa shape index (κ2) is 7.10. The number of primary amides is 1. The summed E-state index contributed by atoms with van der Waals surface area (Å²) < 4.78 is 0. The Kier molecular flexibility index (Phi) is 5.67. The monoisotopic (exact) mass is 295 g/mol. The van der Waals surface area contributed by atoms with Crippen molar-refractivity contribution in [3.63, 3.8) is 0 Å². The SMILES string of the molecule is CCCC(C)N(C)CCC1CCCC1(NC1CC1)C(N)=O. The molecule has 0 saturated heterocycles. The zero-order valence-corrected chi connectivity index (χ0v) is 14.0. The fourth-order valence-corrected chi connectivity index (χ4v) is 3.86. The fourth-order valence-electron chi connectivity index (χ4n) is 3.86. The van der Waals surface area contributed by atoms with Crippen LogP contribution in [0.15, 0.2) is 0 Å². The maximum atomic E-state index is 12.1. The van der Waals surface area contributed by atoms with Gasteiger partial charge in [-0.25, -0.2) is 0 Å². The minimum atomic E-state index is -0.421. The van der Waals surface area contributed by atoms with Crippen LogP contribution in [0.2, 0.25) is 0 Å². The van der Waals surface area contributed by atoms with Crippen molar-refractivity contribution in [2.24, 2.45) is 11.7 Å². The summed E-state index contributed by atoms with van der Waals surface area (Å²) in [5.41, 5.74) is 5.38. The lowest BCUT2D eigenvalue weighted by molar-refractivity contribution is -0.126. The summed E-state index contributed by atoms with van der Waals surface area (Å²) >= 11 is 0. The molecule has 0 aliphatic heterocycles. The van der Waals surface area contributed by atoms with Crippen LogP contribution in [-0.2, 0) is 4.79 Å². The summed E-state index contributed by atoms with van der Waals surface area (Å²) in [4.78, 5) is 14.6. The van der Waals surface area contributed by atoms with Crippen molar-refractivity contribution in [2.45, 2.75) is 82.8 Å². The molecule has 0 spiro atoms. The number of carbonyl (C=O) groups excluding carboxylic acids is 1. The largest absolute Gasteiger partial charge is 0.368 e. The van der Waals surface area contributed by atoms with Crippen LogP contribution in [0.1, 0.15) is 65.2 Å². The van der Waals surface area contributed by atoms with Crippen LogP contribution < -0.4 is 11.1 Å². The molecule has 1 amide bonds. The Morgan fingerprint density at radius 3 is 2.71 bits per heavy atom. The van der Waals surface area contributed by atoms with Gasteiger partial charge in [-0.2, -0.15) is 0 Å². The van der Waals surface area contributed by atoms with Gasteiger partial charge in [0.15, 0.2) is 0 Å². The zero-order valence-electron chi connectivity index (χ0n) is 14.0. The Morgan fingerprint density at radius 1 is 1.43 bits per heavy atom. The zero-order chi connectivity index (χ0) is 15.5. The average molecular weight is 295 g/mol. The Morgan fingerprint density at radius 2 is 2.14 bits per heavy atom. The Balaban J connectivity index is 1.92. The van der Waals surface area contributed by atoms with Crippen LogP contribution in [0.3, 0.4) is 0 Å². The molecule has 2 saturated carbocycles. The summed E-state index contributed by atoms with van der Waals surface area (Å²) in [5.74, 6) is 0.285. The lowest BCUT2D eigenvalue weighted by atomic mass is 9.83. The van der Waals surface area contributed by atoms with Gasteiger partial charge in [-0.3, -0.25) is 4.79 Å². The van der Waals surface area contributed by atoms with Gasteiger partial charge in [0.1, 0.15) is 5.54 Å². The van der Waals surface area contributed by atoms with Crippen LogP contribution in [0.4, 0.5) is 0 Å². The molecule has 3 unspecified atom stereocenters. The van der Waals surface area contributed by atoms with Crippen molar-refractivity contribution in [3.05, 3.63) is 0 Å². The van der Waals surface area contributed by atoms with E-state index in [2.05, 4.69) is 31.1 Å². The van der Waals surface area contributed by atoms with Gasteiger partial charge in [-0.1, -0.05) is 19.8 Å². The molecule has 0 bridgehead atoms. The lowest BCUT2D eigenvalue weighted by Crippen LogP contribution is -2.59. The van der Waals surface area contributed by atoms with Gasteiger partial charge in [0, 0.05) is 12.1 Å². The molecule has 2 fully saturated rings. The smallest absolute Gasteiger partial charge is 0.238 e. The molecule has 3 atom stereocenters. The molecule has 2 rings (SSSR count). The highest BCUT2D eigenvalue weighted by Crippen LogP contribution is 2.40. The number of rotatable bonds is 9. The number of nitrogens with zero attached hydrogens (tertiary/aromatic N) is 1. The second-order valence-electron chi connectivity index (χ2n) is 7.25. The standard InChI is InChI=1S/C17H33N3O/c1-4-6-13(2)20(3)12-10-14-7-5-11-17(14,16(18)21)19-15-8-9-15/h13-15,19H,4-12H2,1-3H3,(H2,18,21). The van der Waals surface area contributed by atoms with Gasteiger partial charge >= 0.3 is 0 Å². The summed E-state index contributed by atoms with van der Waals surface area (Å²) in [6.07, 6.45) is 9.14. The molecule has 0 radical (unpaired) electrons. The molecule has 3 N–H and O–H groups in total. The number of nitrogens with one attached hydrogen (secondary N) is 1. The molecule has 122 valence electrons. The molecule has 21 heavy (non-hydrogen) atoms. The first kappa shape index (κ1) is 16.8. The molecule has 0 aromatic rings. The third-order valence-corrected chi connectivity index (χ3v) is 5.59. The van der Waals surface area contributed by atoms with E-state index in [0.29, 0.717) is 18.0 Å². The van der Waals surface area contributed by atoms with Gasteiger partial charge < -0.3 is 16.0 Å². The molecule has 4 nitrogen and oxygen atoms in total. The maximum absolute atomic E-state index is 12.1. The quantitative estimate of drug-likeness (QED) is 0.686. The first-order chi connectivity index (χ1) is 9.99. The van der Waals surface area contributed by atoms with E-state index in [1.165, 1.54) is 25.7 Å². The first-order valence-corrected chi connectivity index (χ1v) is 8.77. The summed E-state index contributed by atoms with van der Waals surface area (Å²) in [6, 6.07) is 1.16. The molecule has 4 heteroatoms. The molecule has 2 aliphatic carbocycles. The van der Waals surface area contributed by atoms with Crippen molar-refractivity contribution in [1.82, 2.24) is 10.2 Å². The first-order valence-electron chi connectivity index (χ1n) is 8.77. The Labute approximate surface area is 129 Å². The highest BCUT2D eigenvalue weighted by atomic mass is 16.1. The van der Waals surface area contributed by atoms with Crippen molar-refractivity contribution in [1.29, 1.82) is 0 Å². The van der Waals surface area contributed by atoms with E-state index in [-0.39, 0.29) is 5.91 Å². The number of hydrogen-bond acceptors (Lipinski definition) is 3. The average Bonchev–Trinajstić information content (AvgIpc) is 3.15. The van der Waals surface area contributed by atoms with Gasteiger partial charge in [-0.15, -0.1) is 0 Å².